The zero-order chi connectivity index (χ0) is 17.3. The Morgan fingerprint density at radius 1 is 0.833 bits per heavy atom. The van der Waals surface area contributed by atoms with Crippen LogP contribution in [0.4, 0.5) is 0 Å². The van der Waals surface area contributed by atoms with Crippen LogP contribution in [-0.4, -0.2) is 5.78 Å². The first-order chi connectivity index (χ1) is 11.5. The van der Waals surface area contributed by atoms with Crippen LogP contribution in [0.3, 0.4) is 0 Å². The molecule has 3 aromatic rings. The van der Waals surface area contributed by atoms with E-state index in [2.05, 4.69) is 62.4 Å². The Kier molecular flexibility index (Phi) is 4.39. The van der Waals surface area contributed by atoms with Crippen LogP contribution >= 0.6 is 0 Å². The van der Waals surface area contributed by atoms with E-state index in [1.165, 1.54) is 11.1 Å². The van der Waals surface area contributed by atoms with Gasteiger partial charge in [0.05, 0.1) is 11.5 Å². The third-order valence-corrected chi connectivity index (χ3v) is 4.42. The number of carbonyl (C=O) groups excluding carboxylic acids is 1. The summed E-state index contributed by atoms with van der Waals surface area (Å²) in [5.74, 6) is 1.51. The number of hydrogen-bond donors (Lipinski definition) is 0. The highest BCUT2D eigenvalue weighted by Gasteiger charge is 2.23. The fraction of sp³-hybridized carbons (Fsp3) is 0.227. The maximum absolute atomic E-state index is 11.8. The quantitative estimate of drug-likeness (QED) is 0.587. The Bertz CT molecular complexity index is 806. The minimum absolute atomic E-state index is 0.0157. The molecule has 3 rings (SSSR count). The van der Waals surface area contributed by atoms with E-state index < -0.39 is 0 Å². The molecule has 2 nitrogen and oxygen atoms in total. The van der Waals surface area contributed by atoms with Crippen LogP contribution in [0.5, 0.6) is 0 Å². The third-order valence-electron chi connectivity index (χ3n) is 4.42. The van der Waals surface area contributed by atoms with E-state index >= 15 is 0 Å². The molecule has 0 aliphatic carbocycles. The van der Waals surface area contributed by atoms with Crippen molar-refractivity contribution >= 4 is 5.78 Å². The normalized spacial score (nSPS) is 11.0. The Morgan fingerprint density at radius 2 is 1.29 bits per heavy atom. The van der Waals surface area contributed by atoms with Crippen LogP contribution in [0.1, 0.15) is 57.0 Å². The third kappa shape index (κ3) is 3.18. The minimum atomic E-state index is -0.0157. The first-order valence-electron chi connectivity index (χ1n) is 8.20. The summed E-state index contributed by atoms with van der Waals surface area (Å²) in [5.41, 5.74) is 5.43. The molecule has 0 spiro atoms. The summed E-state index contributed by atoms with van der Waals surface area (Å²) in [5, 5.41) is 0. The Labute approximate surface area is 143 Å². The minimum Gasteiger partial charge on any atom is -0.465 e. The first-order valence-corrected chi connectivity index (χ1v) is 8.20. The molecule has 24 heavy (non-hydrogen) atoms. The smallest absolute Gasteiger partial charge is 0.163 e. The van der Waals surface area contributed by atoms with E-state index in [0.29, 0.717) is 11.3 Å². The van der Waals surface area contributed by atoms with Crippen LogP contribution in [0, 0.1) is 20.8 Å². The lowest BCUT2D eigenvalue weighted by molar-refractivity contribution is 0.101. The molecule has 0 fully saturated rings. The molecule has 0 aliphatic rings. The average molecular weight is 318 g/mol. The van der Waals surface area contributed by atoms with Crippen LogP contribution in [-0.2, 0) is 0 Å². The lowest BCUT2D eigenvalue weighted by Gasteiger charge is -2.16. The van der Waals surface area contributed by atoms with E-state index in [1.54, 1.807) is 6.92 Å². The average Bonchev–Trinajstić information content (AvgIpc) is 2.93. The fourth-order valence-electron chi connectivity index (χ4n) is 3.04. The summed E-state index contributed by atoms with van der Waals surface area (Å²) in [6.45, 7) is 7.58. The second kappa shape index (κ2) is 6.48. The molecular weight excluding hydrogens is 296 g/mol. The van der Waals surface area contributed by atoms with Gasteiger partial charge in [0.15, 0.2) is 5.78 Å². The van der Waals surface area contributed by atoms with Gasteiger partial charge in [-0.3, -0.25) is 4.79 Å². The topological polar surface area (TPSA) is 30.2 Å². The van der Waals surface area contributed by atoms with E-state index in [1.807, 2.05) is 13.0 Å². The summed E-state index contributed by atoms with van der Waals surface area (Å²) in [6.07, 6.45) is 0. The molecule has 0 bridgehead atoms. The zero-order valence-corrected chi connectivity index (χ0v) is 14.6. The van der Waals surface area contributed by atoms with Gasteiger partial charge in [0.25, 0.3) is 0 Å². The molecule has 0 saturated heterocycles. The van der Waals surface area contributed by atoms with Crippen LogP contribution < -0.4 is 0 Å². The maximum Gasteiger partial charge on any atom is 0.163 e. The second-order valence-electron chi connectivity index (χ2n) is 6.43. The molecule has 0 unspecified atom stereocenters. The van der Waals surface area contributed by atoms with Gasteiger partial charge in [-0.1, -0.05) is 59.7 Å². The summed E-state index contributed by atoms with van der Waals surface area (Å²) in [7, 11) is 0. The van der Waals surface area contributed by atoms with Crippen molar-refractivity contribution in [3.63, 3.8) is 0 Å². The van der Waals surface area contributed by atoms with E-state index in [-0.39, 0.29) is 11.7 Å². The molecule has 0 N–H and O–H groups in total. The van der Waals surface area contributed by atoms with Crippen LogP contribution in [0.2, 0.25) is 0 Å². The number of Topliss-reactive ketones (excluding diaryl/α,β-unsaturated/α-hetero) is 1. The number of ketones is 1. The number of aryl methyl sites for hydroxylation is 3. The van der Waals surface area contributed by atoms with Gasteiger partial charge in [-0.05, 0) is 44.9 Å². The van der Waals surface area contributed by atoms with Crippen molar-refractivity contribution in [2.45, 2.75) is 33.6 Å². The van der Waals surface area contributed by atoms with Crippen LogP contribution in [0.15, 0.2) is 59.0 Å². The number of hydrogen-bond acceptors (Lipinski definition) is 2. The Morgan fingerprint density at radius 3 is 1.67 bits per heavy atom. The Balaban J connectivity index is 2.14. The van der Waals surface area contributed by atoms with Crippen molar-refractivity contribution in [2.24, 2.45) is 0 Å². The van der Waals surface area contributed by atoms with Gasteiger partial charge >= 0.3 is 0 Å². The van der Waals surface area contributed by atoms with Gasteiger partial charge < -0.3 is 4.42 Å². The summed E-state index contributed by atoms with van der Waals surface area (Å²) < 4.78 is 5.99. The number of carbonyl (C=O) groups is 1. The first kappa shape index (κ1) is 16.3. The van der Waals surface area contributed by atoms with Crippen molar-refractivity contribution in [2.75, 3.05) is 0 Å². The zero-order valence-electron chi connectivity index (χ0n) is 14.6. The van der Waals surface area contributed by atoms with E-state index in [0.717, 1.165) is 16.9 Å². The number of furan rings is 1. The predicted octanol–water partition coefficient (Wildman–Crippen LogP) is 5.59. The summed E-state index contributed by atoms with van der Waals surface area (Å²) >= 11 is 0. The highest BCUT2D eigenvalue weighted by atomic mass is 16.3. The van der Waals surface area contributed by atoms with Crippen molar-refractivity contribution < 1.29 is 9.21 Å². The van der Waals surface area contributed by atoms with Gasteiger partial charge in [-0.25, -0.2) is 0 Å². The monoisotopic (exact) mass is 318 g/mol. The van der Waals surface area contributed by atoms with E-state index in [4.69, 9.17) is 4.42 Å². The van der Waals surface area contributed by atoms with Gasteiger partial charge in [-0.15, -0.1) is 0 Å². The maximum atomic E-state index is 11.8. The van der Waals surface area contributed by atoms with Gasteiger partial charge in [0, 0.05) is 0 Å². The molecule has 0 radical (unpaired) electrons. The standard InChI is InChI=1S/C22H22O2/c1-14-5-9-18(10-6-14)22(19-11-7-15(2)8-12-19)21-13-20(16(3)23)17(4)24-21/h5-13,22H,1-4H3. The molecule has 0 aliphatic heterocycles. The SMILES string of the molecule is CC(=O)c1cc(C(c2ccc(C)cc2)c2ccc(C)cc2)oc1C. The second-order valence-corrected chi connectivity index (χ2v) is 6.43. The van der Waals surface area contributed by atoms with E-state index in [9.17, 15) is 4.79 Å². The largest absolute Gasteiger partial charge is 0.465 e. The molecule has 122 valence electrons. The lowest BCUT2D eigenvalue weighted by Crippen LogP contribution is -2.02. The molecule has 0 saturated carbocycles. The highest BCUT2D eigenvalue weighted by Crippen LogP contribution is 2.34. The fourth-order valence-corrected chi connectivity index (χ4v) is 3.04. The molecule has 2 heteroatoms. The highest BCUT2D eigenvalue weighted by molar-refractivity contribution is 5.95. The summed E-state index contributed by atoms with van der Waals surface area (Å²) in [6, 6.07) is 18.8. The van der Waals surface area contributed by atoms with Gasteiger partial charge in [0.2, 0.25) is 0 Å². The van der Waals surface area contributed by atoms with Crippen molar-refractivity contribution in [1.82, 2.24) is 0 Å². The van der Waals surface area contributed by atoms with Crippen molar-refractivity contribution in [3.05, 3.63) is 93.9 Å². The molecular formula is C22H22O2. The Hall–Kier alpha value is -2.61. The van der Waals surface area contributed by atoms with Crippen molar-refractivity contribution in [1.29, 1.82) is 0 Å². The molecule has 0 amide bonds. The van der Waals surface area contributed by atoms with Crippen LogP contribution in [0.25, 0.3) is 0 Å². The number of benzene rings is 2. The molecule has 2 aromatic carbocycles. The molecule has 1 heterocycles. The van der Waals surface area contributed by atoms with Crippen molar-refractivity contribution in [3.8, 4) is 0 Å². The lowest BCUT2D eigenvalue weighted by atomic mass is 9.88. The van der Waals surface area contributed by atoms with Gasteiger partial charge in [0.1, 0.15) is 11.5 Å². The molecule has 1 aromatic heterocycles. The summed E-state index contributed by atoms with van der Waals surface area (Å²) in [4.78, 5) is 11.8. The predicted molar refractivity (Wildman–Crippen MR) is 96.8 cm³/mol. The van der Waals surface area contributed by atoms with Gasteiger partial charge in [-0.2, -0.15) is 0 Å². The molecule has 0 atom stereocenters. The number of rotatable bonds is 4.